The van der Waals surface area contributed by atoms with E-state index >= 15 is 0 Å². The van der Waals surface area contributed by atoms with Crippen molar-refractivity contribution < 1.29 is 19.1 Å². The van der Waals surface area contributed by atoms with E-state index in [0.717, 1.165) is 12.8 Å². The second-order valence-electron chi connectivity index (χ2n) is 3.69. The smallest absolute Gasteiger partial charge is 0.314 e. The van der Waals surface area contributed by atoms with E-state index in [-0.39, 0.29) is 17.6 Å². The molecule has 0 unspecified atom stereocenters. The van der Waals surface area contributed by atoms with Crippen LogP contribution in [0.4, 0.5) is 0 Å². The van der Waals surface area contributed by atoms with Crippen LogP contribution in [0.15, 0.2) is 18.2 Å². The number of methoxy groups -OCH3 is 1. The number of benzene rings is 1. The third-order valence-corrected chi connectivity index (χ3v) is 2.47. The van der Waals surface area contributed by atoms with Gasteiger partial charge in [0, 0.05) is 0 Å². The Morgan fingerprint density at radius 3 is 2.75 bits per heavy atom. The van der Waals surface area contributed by atoms with Crippen LogP contribution in [-0.2, 0) is 4.79 Å². The van der Waals surface area contributed by atoms with Crippen LogP contribution in [0.3, 0.4) is 0 Å². The number of rotatable bonds is 4. The van der Waals surface area contributed by atoms with Crippen LogP contribution >= 0.6 is 0 Å². The molecule has 1 saturated carbocycles. The van der Waals surface area contributed by atoms with Crippen LogP contribution in [0, 0.1) is 5.92 Å². The molecule has 1 aromatic rings. The zero-order chi connectivity index (χ0) is 11.5. The Hall–Kier alpha value is -1.84. The van der Waals surface area contributed by atoms with Crippen LogP contribution in [0.25, 0.3) is 0 Å². The number of carbonyl (C=O) groups excluding carboxylic acids is 2. The van der Waals surface area contributed by atoms with E-state index in [1.165, 1.54) is 7.11 Å². The number of para-hydroxylation sites is 1. The summed E-state index contributed by atoms with van der Waals surface area (Å²) in [5, 5.41) is 0. The molecule has 1 aromatic carbocycles. The molecule has 84 valence electrons. The Bertz CT molecular complexity index is 421. The standard InChI is InChI=1S/C12H12O4/c1-15-10-4-2-3-9(7-13)11(10)16-12(14)8-5-6-8/h2-4,7-8H,5-6H2,1H3. The minimum Gasteiger partial charge on any atom is -0.493 e. The van der Waals surface area contributed by atoms with Crippen molar-refractivity contribution in [1.29, 1.82) is 0 Å². The lowest BCUT2D eigenvalue weighted by atomic mass is 10.2. The van der Waals surface area contributed by atoms with Gasteiger partial charge in [-0.2, -0.15) is 0 Å². The van der Waals surface area contributed by atoms with Crippen LogP contribution in [-0.4, -0.2) is 19.4 Å². The van der Waals surface area contributed by atoms with Gasteiger partial charge in [-0.1, -0.05) is 6.07 Å². The number of hydrogen-bond donors (Lipinski definition) is 0. The summed E-state index contributed by atoms with van der Waals surface area (Å²) < 4.78 is 10.2. The molecular formula is C12H12O4. The maximum Gasteiger partial charge on any atom is 0.314 e. The summed E-state index contributed by atoms with van der Waals surface area (Å²) in [6.07, 6.45) is 2.38. The number of esters is 1. The van der Waals surface area contributed by atoms with E-state index in [1.54, 1.807) is 18.2 Å². The Labute approximate surface area is 93.2 Å². The fraction of sp³-hybridized carbons (Fsp3) is 0.333. The second-order valence-corrected chi connectivity index (χ2v) is 3.69. The third-order valence-electron chi connectivity index (χ3n) is 2.47. The van der Waals surface area contributed by atoms with Crippen molar-refractivity contribution >= 4 is 12.3 Å². The van der Waals surface area contributed by atoms with Crippen molar-refractivity contribution in [2.24, 2.45) is 5.92 Å². The average Bonchev–Trinajstić information content (AvgIpc) is 3.13. The molecule has 1 aliphatic rings. The van der Waals surface area contributed by atoms with Gasteiger partial charge in [0.2, 0.25) is 0 Å². The van der Waals surface area contributed by atoms with E-state index < -0.39 is 0 Å². The van der Waals surface area contributed by atoms with Gasteiger partial charge in [-0.25, -0.2) is 0 Å². The van der Waals surface area contributed by atoms with Crippen molar-refractivity contribution in [3.63, 3.8) is 0 Å². The molecule has 0 amide bonds. The summed E-state index contributed by atoms with van der Waals surface area (Å²) in [6, 6.07) is 4.92. The zero-order valence-corrected chi connectivity index (χ0v) is 8.93. The highest BCUT2D eigenvalue weighted by molar-refractivity contribution is 5.85. The van der Waals surface area contributed by atoms with Crippen LogP contribution in [0.1, 0.15) is 23.2 Å². The van der Waals surface area contributed by atoms with Crippen LogP contribution in [0.2, 0.25) is 0 Å². The summed E-state index contributed by atoms with van der Waals surface area (Å²) >= 11 is 0. The van der Waals surface area contributed by atoms with Crippen LogP contribution in [0.5, 0.6) is 11.5 Å². The Kier molecular flexibility index (Phi) is 2.90. The van der Waals surface area contributed by atoms with E-state index in [1.807, 2.05) is 0 Å². The second kappa shape index (κ2) is 4.35. The molecule has 0 spiro atoms. The molecule has 0 saturated heterocycles. The average molecular weight is 220 g/mol. The molecular weight excluding hydrogens is 208 g/mol. The molecule has 0 heterocycles. The SMILES string of the molecule is COc1cccc(C=O)c1OC(=O)C1CC1. The van der Waals surface area contributed by atoms with E-state index in [2.05, 4.69) is 0 Å². The van der Waals surface area contributed by atoms with Crippen molar-refractivity contribution in [1.82, 2.24) is 0 Å². The van der Waals surface area contributed by atoms with Gasteiger partial charge in [0.1, 0.15) is 0 Å². The molecule has 2 rings (SSSR count). The molecule has 4 nitrogen and oxygen atoms in total. The van der Waals surface area contributed by atoms with Crippen molar-refractivity contribution in [3.8, 4) is 11.5 Å². The maximum absolute atomic E-state index is 11.5. The predicted octanol–water partition coefficient (Wildman–Crippen LogP) is 1.82. The number of carbonyl (C=O) groups is 2. The monoisotopic (exact) mass is 220 g/mol. The van der Waals surface area contributed by atoms with Gasteiger partial charge in [0.25, 0.3) is 0 Å². The fourth-order valence-electron chi connectivity index (χ4n) is 1.40. The normalized spacial score (nSPS) is 14.3. The zero-order valence-electron chi connectivity index (χ0n) is 8.93. The molecule has 1 aliphatic carbocycles. The van der Waals surface area contributed by atoms with E-state index in [9.17, 15) is 9.59 Å². The van der Waals surface area contributed by atoms with Crippen LogP contribution < -0.4 is 9.47 Å². The highest BCUT2D eigenvalue weighted by atomic mass is 16.6. The number of ether oxygens (including phenoxy) is 2. The Morgan fingerprint density at radius 2 is 2.19 bits per heavy atom. The lowest BCUT2D eigenvalue weighted by molar-refractivity contribution is -0.135. The predicted molar refractivity (Wildman–Crippen MR) is 56.7 cm³/mol. The summed E-state index contributed by atoms with van der Waals surface area (Å²) in [6.45, 7) is 0. The van der Waals surface area contributed by atoms with Gasteiger partial charge < -0.3 is 9.47 Å². The van der Waals surface area contributed by atoms with E-state index in [0.29, 0.717) is 17.6 Å². The lowest BCUT2D eigenvalue weighted by Gasteiger charge is -2.10. The quantitative estimate of drug-likeness (QED) is 0.441. The first-order chi connectivity index (χ1) is 7.76. The molecule has 16 heavy (non-hydrogen) atoms. The van der Waals surface area contributed by atoms with Gasteiger partial charge in [0.15, 0.2) is 17.8 Å². The summed E-state index contributed by atoms with van der Waals surface area (Å²) in [7, 11) is 1.47. The molecule has 1 fully saturated rings. The molecule has 0 aliphatic heterocycles. The largest absolute Gasteiger partial charge is 0.493 e. The molecule has 0 atom stereocenters. The van der Waals surface area contributed by atoms with Crippen molar-refractivity contribution in [2.75, 3.05) is 7.11 Å². The minimum atomic E-state index is -0.285. The highest BCUT2D eigenvalue weighted by Crippen LogP contribution is 2.35. The fourth-order valence-corrected chi connectivity index (χ4v) is 1.40. The topological polar surface area (TPSA) is 52.6 Å². The first kappa shape index (κ1) is 10.7. The number of hydrogen-bond acceptors (Lipinski definition) is 4. The highest BCUT2D eigenvalue weighted by Gasteiger charge is 2.32. The molecule has 0 bridgehead atoms. The Balaban J connectivity index is 2.28. The molecule has 4 heteroatoms. The molecule has 0 N–H and O–H groups in total. The van der Waals surface area contributed by atoms with Crippen molar-refractivity contribution in [3.05, 3.63) is 23.8 Å². The Morgan fingerprint density at radius 1 is 1.44 bits per heavy atom. The van der Waals surface area contributed by atoms with E-state index in [4.69, 9.17) is 9.47 Å². The van der Waals surface area contributed by atoms with Gasteiger partial charge in [0.05, 0.1) is 18.6 Å². The number of aldehydes is 1. The van der Waals surface area contributed by atoms with Gasteiger partial charge in [-0.15, -0.1) is 0 Å². The van der Waals surface area contributed by atoms with Gasteiger partial charge in [-0.3, -0.25) is 9.59 Å². The lowest BCUT2D eigenvalue weighted by Crippen LogP contribution is -2.11. The summed E-state index contributed by atoms with van der Waals surface area (Å²) in [5.74, 6) is 0.326. The van der Waals surface area contributed by atoms with Gasteiger partial charge in [-0.05, 0) is 25.0 Å². The third kappa shape index (κ3) is 2.05. The maximum atomic E-state index is 11.5. The first-order valence-electron chi connectivity index (χ1n) is 5.10. The minimum absolute atomic E-state index is 0.00980. The molecule has 0 aromatic heterocycles. The summed E-state index contributed by atoms with van der Waals surface area (Å²) in [4.78, 5) is 22.3. The first-order valence-corrected chi connectivity index (χ1v) is 5.10. The summed E-state index contributed by atoms with van der Waals surface area (Å²) in [5.41, 5.74) is 0.327. The van der Waals surface area contributed by atoms with Gasteiger partial charge >= 0.3 is 5.97 Å². The van der Waals surface area contributed by atoms with Crippen molar-refractivity contribution in [2.45, 2.75) is 12.8 Å². The molecule has 0 radical (unpaired) electrons.